The SMILES string of the molecule is CCNC(CC(C)(C)C)c1ccc2c(c1)oc(=O)n2CC. The molecule has 0 aliphatic heterocycles. The van der Waals surface area contributed by atoms with Crippen LogP contribution in [-0.2, 0) is 6.54 Å². The summed E-state index contributed by atoms with van der Waals surface area (Å²) in [5.74, 6) is -0.277. The summed E-state index contributed by atoms with van der Waals surface area (Å²) in [6.07, 6.45) is 1.03. The van der Waals surface area contributed by atoms with Crippen molar-refractivity contribution in [3.8, 4) is 0 Å². The highest BCUT2D eigenvalue weighted by molar-refractivity contribution is 5.73. The fourth-order valence-corrected chi connectivity index (χ4v) is 2.77. The van der Waals surface area contributed by atoms with Gasteiger partial charge in [0.25, 0.3) is 0 Å². The third-order valence-corrected chi connectivity index (χ3v) is 3.68. The molecule has 116 valence electrons. The first kappa shape index (κ1) is 15.8. The van der Waals surface area contributed by atoms with Crippen LogP contribution in [0.2, 0.25) is 0 Å². The zero-order valence-electron chi connectivity index (χ0n) is 13.7. The largest absolute Gasteiger partial charge is 0.419 e. The van der Waals surface area contributed by atoms with Gasteiger partial charge in [-0.05, 0) is 43.0 Å². The van der Waals surface area contributed by atoms with Crippen molar-refractivity contribution in [1.82, 2.24) is 9.88 Å². The fraction of sp³-hybridized carbons (Fsp3) is 0.588. The van der Waals surface area contributed by atoms with Crippen LogP contribution in [0.1, 0.15) is 52.6 Å². The summed E-state index contributed by atoms with van der Waals surface area (Å²) in [5.41, 5.74) is 2.96. The minimum Gasteiger partial charge on any atom is -0.408 e. The Balaban J connectivity index is 2.42. The molecule has 1 aromatic carbocycles. The van der Waals surface area contributed by atoms with Gasteiger partial charge >= 0.3 is 5.76 Å². The Labute approximate surface area is 126 Å². The molecule has 1 heterocycles. The van der Waals surface area contributed by atoms with E-state index in [-0.39, 0.29) is 17.2 Å². The second kappa shape index (κ2) is 6.06. The first-order chi connectivity index (χ1) is 9.85. The van der Waals surface area contributed by atoms with Gasteiger partial charge in [-0.3, -0.25) is 4.57 Å². The van der Waals surface area contributed by atoms with Crippen LogP contribution in [0, 0.1) is 5.41 Å². The normalized spacial score (nSPS) is 13.8. The summed E-state index contributed by atoms with van der Waals surface area (Å²) in [5, 5.41) is 3.53. The van der Waals surface area contributed by atoms with E-state index in [1.165, 1.54) is 5.56 Å². The van der Waals surface area contributed by atoms with Gasteiger partial charge in [-0.25, -0.2) is 4.79 Å². The van der Waals surface area contributed by atoms with Crippen molar-refractivity contribution in [3.63, 3.8) is 0 Å². The molecule has 1 atom stereocenters. The Morgan fingerprint density at radius 3 is 2.57 bits per heavy atom. The van der Waals surface area contributed by atoms with Crippen LogP contribution in [0.5, 0.6) is 0 Å². The third kappa shape index (κ3) is 3.56. The lowest BCUT2D eigenvalue weighted by Crippen LogP contribution is -2.25. The molecule has 2 rings (SSSR count). The molecule has 2 aromatic rings. The van der Waals surface area contributed by atoms with Crippen LogP contribution in [0.4, 0.5) is 0 Å². The van der Waals surface area contributed by atoms with E-state index < -0.39 is 0 Å². The monoisotopic (exact) mass is 290 g/mol. The lowest BCUT2D eigenvalue weighted by atomic mass is 9.85. The Morgan fingerprint density at radius 1 is 1.29 bits per heavy atom. The maximum absolute atomic E-state index is 11.8. The van der Waals surface area contributed by atoms with E-state index in [2.05, 4.69) is 39.1 Å². The van der Waals surface area contributed by atoms with Crippen LogP contribution in [-0.4, -0.2) is 11.1 Å². The van der Waals surface area contributed by atoms with Crippen LogP contribution < -0.4 is 11.1 Å². The number of aryl methyl sites for hydroxylation is 1. The van der Waals surface area contributed by atoms with E-state index in [9.17, 15) is 4.79 Å². The molecule has 0 bridgehead atoms. The lowest BCUT2D eigenvalue weighted by molar-refractivity contribution is 0.314. The number of rotatable bonds is 5. The Hall–Kier alpha value is -1.55. The molecule has 4 heteroatoms. The second-order valence-electron chi connectivity index (χ2n) is 6.71. The molecule has 0 spiro atoms. The van der Waals surface area contributed by atoms with Crippen LogP contribution in [0.25, 0.3) is 11.1 Å². The average molecular weight is 290 g/mol. The minimum absolute atomic E-state index is 0.234. The molecule has 1 aromatic heterocycles. The van der Waals surface area contributed by atoms with Crippen LogP contribution in [0.15, 0.2) is 27.4 Å². The highest BCUT2D eigenvalue weighted by Crippen LogP contribution is 2.30. The molecule has 0 fully saturated rings. The lowest BCUT2D eigenvalue weighted by Gasteiger charge is -2.27. The van der Waals surface area contributed by atoms with Gasteiger partial charge in [-0.1, -0.05) is 33.8 Å². The highest BCUT2D eigenvalue weighted by atomic mass is 16.4. The first-order valence-electron chi connectivity index (χ1n) is 7.72. The van der Waals surface area contributed by atoms with Gasteiger partial charge in [0.05, 0.1) is 5.52 Å². The topological polar surface area (TPSA) is 47.2 Å². The summed E-state index contributed by atoms with van der Waals surface area (Å²) in [4.78, 5) is 11.8. The summed E-state index contributed by atoms with van der Waals surface area (Å²) in [6.45, 7) is 12.3. The van der Waals surface area contributed by atoms with Gasteiger partial charge in [-0.15, -0.1) is 0 Å². The van der Waals surface area contributed by atoms with E-state index in [0.29, 0.717) is 12.1 Å². The standard InChI is InChI=1S/C17H26N2O2/c1-6-18-13(11-17(3,4)5)12-8-9-14-15(10-12)21-16(20)19(14)7-2/h8-10,13,18H,6-7,11H2,1-5H3. The number of hydrogen-bond acceptors (Lipinski definition) is 3. The number of hydrogen-bond donors (Lipinski definition) is 1. The van der Waals surface area contributed by atoms with Gasteiger partial charge in [0, 0.05) is 12.6 Å². The van der Waals surface area contributed by atoms with Gasteiger partial charge in [-0.2, -0.15) is 0 Å². The van der Waals surface area contributed by atoms with Crippen molar-refractivity contribution >= 4 is 11.1 Å². The molecule has 21 heavy (non-hydrogen) atoms. The van der Waals surface area contributed by atoms with E-state index in [1.54, 1.807) is 4.57 Å². The highest BCUT2D eigenvalue weighted by Gasteiger charge is 2.20. The predicted molar refractivity (Wildman–Crippen MR) is 86.6 cm³/mol. The van der Waals surface area contributed by atoms with Crippen LogP contribution in [0.3, 0.4) is 0 Å². The van der Waals surface area contributed by atoms with E-state index in [4.69, 9.17) is 4.42 Å². The maximum Gasteiger partial charge on any atom is 0.419 e. The van der Waals surface area contributed by atoms with Gasteiger partial charge in [0.15, 0.2) is 5.58 Å². The first-order valence-corrected chi connectivity index (χ1v) is 7.72. The summed E-state index contributed by atoms with van der Waals surface area (Å²) in [7, 11) is 0. The van der Waals surface area contributed by atoms with Crippen molar-refractivity contribution in [3.05, 3.63) is 34.3 Å². The number of nitrogens with one attached hydrogen (secondary N) is 1. The summed E-state index contributed by atoms with van der Waals surface area (Å²) < 4.78 is 7.03. The number of nitrogens with zero attached hydrogens (tertiary/aromatic N) is 1. The van der Waals surface area contributed by atoms with Gasteiger partial charge < -0.3 is 9.73 Å². The molecule has 0 amide bonds. The fourth-order valence-electron chi connectivity index (χ4n) is 2.77. The molecule has 0 aliphatic carbocycles. The van der Waals surface area contributed by atoms with Crippen molar-refractivity contribution in [1.29, 1.82) is 0 Å². The Bertz CT molecular complexity index is 661. The van der Waals surface area contributed by atoms with Crippen LogP contribution >= 0.6 is 0 Å². The summed E-state index contributed by atoms with van der Waals surface area (Å²) >= 11 is 0. The molecule has 0 saturated heterocycles. The van der Waals surface area contributed by atoms with Crippen molar-refractivity contribution in [2.45, 2.75) is 53.6 Å². The molecule has 0 saturated carbocycles. The number of benzene rings is 1. The molecule has 0 aliphatic rings. The van der Waals surface area contributed by atoms with E-state index in [0.717, 1.165) is 18.5 Å². The Morgan fingerprint density at radius 2 is 2.00 bits per heavy atom. The zero-order chi connectivity index (χ0) is 15.6. The quantitative estimate of drug-likeness (QED) is 0.913. The van der Waals surface area contributed by atoms with Gasteiger partial charge in [0.1, 0.15) is 0 Å². The van der Waals surface area contributed by atoms with Crippen molar-refractivity contribution in [2.75, 3.05) is 6.54 Å². The molecule has 4 nitrogen and oxygen atoms in total. The van der Waals surface area contributed by atoms with E-state index >= 15 is 0 Å². The molecule has 0 radical (unpaired) electrons. The number of aromatic nitrogens is 1. The second-order valence-corrected chi connectivity index (χ2v) is 6.71. The number of fused-ring (bicyclic) bond motifs is 1. The number of oxazole rings is 1. The predicted octanol–water partition coefficient (Wildman–Crippen LogP) is 3.70. The van der Waals surface area contributed by atoms with Gasteiger partial charge in [0.2, 0.25) is 0 Å². The molecular weight excluding hydrogens is 264 g/mol. The summed E-state index contributed by atoms with van der Waals surface area (Å²) in [6, 6.07) is 6.37. The smallest absolute Gasteiger partial charge is 0.408 e. The third-order valence-electron chi connectivity index (χ3n) is 3.68. The molecule has 1 N–H and O–H groups in total. The average Bonchev–Trinajstić information content (AvgIpc) is 2.70. The minimum atomic E-state index is -0.277. The van der Waals surface area contributed by atoms with Crippen molar-refractivity contribution < 1.29 is 4.42 Å². The molecule has 1 unspecified atom stereocenters. The zero-order valence-corrected chi connectivity index (χ0v) is 13.7. The maximum atomic E-state index is 11.8. The molecular formula is C17H26N2O2. The van der Waals surface area contributed by atoms with Crippen molar-refractivity contribution in [2.24, 2.45) is 5.41 Å². The Kier molecular flexibility index (Phi) is 4.57. The van der Waals surface area contributed by atoms with E-state index in [1.807, 2.05) is 19.1 Å².